The first kappa shape index (κ1) is 22.8. The molecule has 2 N–H and O–H groups in total. The van der Waals surface area contributed by atoms with Crippen LogP contribution in [0.5, 0.6) is 5.75 Å². The molecule has 1 fully saturated rings. The van der Waals surface area contributed by atoms with Crippen molar-refractivity contribution in [2.24, 2.45) is 0 Å². The molecule has 0 spiro atoms. The lowest BCUT2D eigenvalue weighted by molar-refractivity contribution is 0.0342. The van der Waals surface area contributed by atoms with Crippen molar-refractivity contribution in [3.05, 3.63) is 33.6 Å². The number of hydrogen-bond donors (Lipinski definition) is 2. The number of H-pyrrole nitrogens is 1. The Balaban J connectivity index is 0.00000140. The van der Waals surface area contributed by atoms with Crippen molar-refractivity contribution in [1.29, 1.82) is 0 Å². The van der Waals surface area contributed by atoms with Crippen molar-refractivity contribution in [3.63, 3.8) is 0 Å². The molecule has 1 aromatic carbocycles. The van der Waals surface area contributed by atoms with Crippen LogP contribution in [-0.4, -0.2) is 49.3 Å². The molecule has 28 heavy (non-hydrogen) atoms. The maximum Gasteiger partial charge on any atom is 0.253 e. The first-order valence-electron chi connectivity index (χ1n) is 9.65. The minimum absolute atomic E-state index is 0. The average molecular weight is 430 g/mol. The molecule has 0 unspecified atom stereocenters. The zero-order chi connectivity index (χ0) is 17.9. The fourth-order valence-corrected chi connectivity index (χ4v) is 3.84. The highest BCUT2D eigenvalue weighted by molar-refractivity contribution is 5.98. The molecule has 1 aromatic heterocycles. The molecule has 0 aliphatic carbocycles. The predicted molar refractivity (Wildman–Crippen MR) is 118 cm³/mol. The first-order valence-corrected chi connectivity index (χ1v) is 9.65. The summed E-state index contributed by atoms with van der Waals surface area (Å²) in [5.41, 5.74) is 3.85. The van der Waals surface area contributed by atoms with E-state index < -0.39 is 0 Å². The quantitative estimate of drug-likeness (QED) is 0.762. The molecular weight excluding hydrogens is 401 g/mol. The zero-order valence-electron chi connectivity index (χ0n) is 16.2. The van der Waals surface area contributed by atoms with Gasteiger partial charge in [-0.15, -0.1) is 24.8 Å². The Hall–Kier alpha value is -1.47. The van der Waals surface area contributed by atoms with E-state index >= 15 is 0 Å². The number of anilines is 1. The number of nitrogens with zero attached hydrogens (tertiary/aromatic N) is 1. The molecule has 0 radical (unpaired) electrons. The zero-order valence-corrected chi connectivity index (χ0v) is 17.8. The number of pyridine rings is 1. The van der Waals surface area contributed by atoms with Gasteiger partial charge in [0, 0.05) is 31.7 Å². The number of benzene rings is 1. The van der Waals surface area contributed by atoms with Crippen LogP contribution in [0.2, 0.25) is 0 Å². The number of morpholine rings is 1. The van der Waals surface area contributed by atoms with Crippen LogP contribution < -0.4 is 15.6 Å². The Labute approximate surface area is 177 Å². The number of aromatic amines is 1. The van der Waals surface area contributed by atoms with Crippen LogP contribution in [0.15, 0.2) is 16.9 Å². The topological polar surface area (TPSA) is 66.6 Å². The van der Waals surface area contributed by atoms with Gasteiger partial charge in [-0.2, -0.15) is 0 Å². The van der Waals surface area contributed by atoms with Crippen molar-refractivity contribution in [3.8, 4) is 5.75 Å². The maximum absolute atomic E-state index is 12.5. The fourth-order valence-electron chi connectivity index (χ4n) is 3.84. The Morgan fingerprint density at radius 2 is 2.00 bits per heavy atom. The van der Waals surface area contributed by atoms with E-state index in [9.17, 15) is 4.79 Å². The molecule has 0 atom stereocenters. The molecule has 0 amide bonds. The summed E-state index contributed by atoms with van der Waals surface area (Å²) in [6.45, 7) is 7.95. The van der Waals surface area contributed by atoms with Gasteiger partial charge < -0.3 is 19.8 Å². The van der Waals surface area contributed by atoms with Crippen molar-refractivity contribution < 1.29 is 9.47 Å². The van der Waals surface area contributed by atoms with E-state index in [2.05, 4.69) is 34.3 Å². The van der Waals surface area contributed by atoms with Crippen LogP contribution in [-0.2, 0) is 17.7 Å². The van der Waals surface area contributed by atoms with Crippen LogP contribution in [0.3, 0.4) is 0 Å². The minimum atomic E-state index is 0. The van der Waals surface area contributed by atoms with Crippen LogP contribution >= 0.6 is 24.8 Å². The summed E-state index contributed by atoms with van der Waals surface area (Å²) in [5, 5.41) is 4.45. The lowest BCUT2D eigenvalue weighted by Crippen LogP contribution is -2.35. The summed E-state index contributed by atoms with van der Waals surface area (Å²) in [7, 11) is 0. The first-order chi connectivity index (χ1) is 12.8. The molecule has 156 valence electrons. The predicted octanol–water partition coefficient (Wildman–Crippen LogP) is 3.35. The molecule has 0 bridgehead atoms. The maximum atomic E-state index is 12.5. The highest BCUT2D eigenvalue weighted by Gasteiger charge is 2.20. The van der Waals surface area contributed by atoms with Gasteiger partial charge in [-0.1, -0.05) is 6.92 Å². The van der Waals surface area contributed by atoms with Crippen molar-refractivity contribution in [2.45, 2.75) is 32.7 Å². The molecule has 3 heterocycles. The summed E-state index contributed by atoms with van der Waals surface area (Å²) in [4.78, 5) is 18.0. The summed E-state index contributed by atoms with van der Waals surface area (Å²) in [6.07, 6.45) is 2.76. The standard InChI is InChI=1S/C20H27N3O3.2ClH/c1-2-8-26-17-12-14(13-23-6-9-25-10-7-23)11-16-18(17)19-15(20(24)22-16)4-3-5-21-19;;/h11-12,21H,2-10,13H2,1H3,(H,22,24);2*1H. The van der Waals surface area contributed by atoms with E-state index in [-0.39, 0.29) is 30.4 Å². The summed E-state index contributed by atoms with van der Waals surface area (Å²) in [6, 6.07) is 4.24. The highest BCUT2D eigenvalue weighted by Crippen LogP contribution is 2.36. The second-order valence-corrected chi connectivity index (χ2v) is 7.09. The molecule has 1 saturated heterocycles. The minimum Gasteiger partial charge on any atom is -0.493 e. The monoisotopic (exact) mass is 429 g/mol. The number of rotatable bonds is 5. The number of halogens is 2. The number of nitrogens with one attached hydrogen (secondary N) is 2. The number of fused-ring (bicyclic) bond motifs is 3. The van der Waals surface area contributed by atoms with E-state index in [1.165, 1.54) is 0 Å². The van der Waals surface area contributed by atoms with Gasteiger partial charge in [-0.05, 0) is 37.0 Å². The third-order valence-corrected chi connectivity index (χ3v) is 5.11. The number of ether oxygens (including phenoxy) is 2. The van der Waals surface area contributed by atoms with Gasteiger partial charge in [0.05, 0.1) is 36.4 Å². The summed E-state index contributed by atoms with van der Waals surface area (Å²) >= 11 is 0. The van der Waals surface area contributed by atoms with Crippen molar-refractivity contribution >= 4 is 41.4 Å². The largest absolute Gasteiger partial charge is 0.493 e. The normalized spacial score (nSPS) is 16.5. The molecule has 6 nitrogen and oxygen atoms in total. The van der Waals surface area contributed by atoms with Crippen molar-refractivity contribution in [1.82, 2.24) is 9.88 Å². The van der Waals surface area contributed by atoms with E-state index in [4.69, 9.17) is 9.47 Å². The molecular formula is C20H29Cl2N3O3. The molecule has 4 rings (SSSR count). The van der Waals surface area contributed by atoms with Gasteiger partial charge in [0.2, 0.25) is 0 Å². The molecule has 8 heteroatoms. The van der Waals surface area contributed by atoms with Gasteiger partial charge in [0.25, 0.3) is 5.56 Å². The molecule has 2 aromatic rings. The third-order valence-electron chi connectivity index (χ3n) is 5.11. The lowest BCUT2D eigenvalue weighted by Gasteiger charge is -2.27. The van der Waals surface area contributed by atoms with Crippen LogP contribution in [0.4, 0.5) is 5.69 Å². The second-order valence-electron chi connectivity index (χ2n) is 7.09. The average Bonchev–Trinajstić information content (AvgIpc) is 2.67. The van der Waals surface area contributed by atoms with E-state index in [1.807, 2.05) is 0 Å². The lowest BCUT2D eigenvalue weighted by atomic mass is 9.99. The second kappa shape index (κ2) is 10.3. The Morgan fingerprint density at radius 1 is 1.21 bits per heavy atom. The Bertz CT molecular complexity index is 851. The Kier molecular flexibility index (Phi) is 8.43. The molecule has 2 aliphatic heterocycles. The van der Waals surface area contributed by atoms with E-state index in [0.29, 0.717) is 6.61 Å². The summed E-state index contributed by atoms with van der Waals surface area (Å²) in [5.74, 6) is 0.870. The number of hydrogen-bond acceptors (Lipinski definition) is 5. The fraction of sp³-hybridized carbons (Fsp3) is 0.550. The smallest absolute Gasteiger partial charge is 0.253 e. The van der Waals surface area contributed by atoms with Crippen molar-refractivity contribution in [2.75, 3.05) is 44.8 Å². The van der Waals surface area contributed by atoms with Crippen LogP contribution in [0.1, 0.15) is 30.9 Å². The molecule has 2 aliphatic rings. The number of aromatic nitrogens is 1. The van der Waals surface area contributed by atoms with Gasteiger partial charge in [-0.3, -0.25) is 9.69 Å². The summed E-state index contributed by atoms with van der Waals surface area (Å²) < 4.78 is 11.5. The van der Waals surface area contributed by atoms with E-state index in [0.717, 1.165) is 92.1 Å². The molecule has 0 saturated carbocycles. The van der Waals surface area contributed by atoms with Crippen LogP contribution in [0.25, 0.3) is 10.9 Å². The van der Waals surface area contributed by atoms with Crippen LogP contribution in [0, 0.1) is 0 Å². The Morgan fingerprint density at radius 3 is 2.75 bits per heavy atom. The van der Waals surface area contributed by atoms with E-state index in [1.54, 1.807) is 0 Å². The van der Waals surface area contributed by atoms with Gasteiger partial charge in [0.15, 0.2) is 0 Å². The van der Waals surface area contributed by atoms with Gasteiger partial charge in [-0.25, -0.2) is 0 Å². The highest BCUT2D eigenvalue weighted by atomic mass is 35.5. The third kappa shape index (κ3) is 4.74. The van der Waals surface area contributed by atoms with Gasteiger partial charge in [0.1, 0.15) is 5.75 Å². The SMILES string of the molecule is CCCOc1cc(CN2CCOCC2)cc2[nH]c(=O)c3c(c12)NCCC3.Cl.Cl. The van der Waals surface area contributed by atoms with Gasteiger partial charge >= 0.3 is 0 Å².